The highest BCUT2D eigenvalue weighted by Gasteiger charge is 2.61. The Hall–Kier alpha value is -2.17. The third-order valence-electron chi connectivity index (χ3n) is 5.30. The maximum atomic E-state index is 12.7. The topological polar surface area (TPSA) is 74.7 Å². The molecule has 2 aliphatic carbocycles. The van der Waals surface area contributed by atoms with Crippen molar-refractivity contribution in [2.24, 2.45) is 23.7 Å². The molecule has 2 amide bonds. The molecule has 4 atom stereocenters. The average Bonchev–Trinajstić information content (AvgIpc) is 3.13. The summed E-state index contributed by atoms with van der Waals surface area (Å²) in [5.41, 5.74) is 0.223. The van der Waals surface area contributed by atoms with Crippen LogP contribution in [0.5, 0.6) is 0 Å². The summed E-state index contributed by atoms with van der Waals surface area (Å²) in [4.78, 5) is 37.8. The summed E-state index contributed by atoms with van der Waals surface area (Å²) in [5, 5.41) is 9.27. The van der Waals surface area contributed by atoms with Crippen LogP contribution in [0.4, 0.5) is 5.69 Å². The van der Waals surface area contributed by atoms with Crippen molar-refractivity contribution in [2.75, 3.05) is 4.90 Å². The lowest BCUT2D eigenvalue weighted by molar-refractivity contribution is -0.123. The van der Waals surface area contributed by atoms with Gasteiger partial charge in [-0.3, -0.25) is 9.59 Å². The van der Waals surface area contributed by atoms with Crippen molar-refractivity contribution >= 4 is 23.5 Å². The van der Waals surface area contributed by atoms with Gasteiger partial charge in [-0.05, 0) is 43.2 Å². The van der Waals surface area contributed by atoms with Crippen LogP contribution in [0.15, 0.2) is 24.3 Å². The van der Waals surface area contributed by atoms with Crippen LogP contribution >= 0.6 is 0 Å². The number of imide groups is 1. The molecule has 5 nitrogen and oxygen atoms in total. The second-order valence-corrected chi connectivity index (χ2v) is 6.22. The number of aromatic carboxylic acids is 1. The summed E-state index contributed by atoms with van der Waals surface area (Å²) in [6.07, 6.45) is 3.00. The molecule has 1 N–H and O–H groups in total. The quantitative estimate of drug-likeness (QED) is 0.842. The van der Waals surface area contributed by atoms with E-state index in [9.17, 15) is 19.5 Å². The van der Waals surface area contributed by atoms with E-state index in [2.05, 4.69) is 0 Å². The Morgan fingerprint density at radius 1 is 1.05 bits per heavy atom. The number of para-hydroxylation sites is 1. The van der Waals surface area contributed by atoms with E-state index in [1.54, 1.807) is 18.2 Å². The molecule has 3 fully saturated rings. The number of carboxylic acid groups (broad SMARTS) is 1. The summed E-state index contributed by atoms with van der Waals surface area (Å²) >= 11 is 0. The minimum Gasteiger partial charge on any atom is -0.478 e. The Kier molecular flexibility index (Phi) is 2.49. The number of nitrogens with zero attached hydrogens (tertiary/aromatic N) is 1. The van der Waals surface area contributed by atoms with Crippen molar-refractivity contribution in [3.63, 3.8) is 0 Å². The predicted octanol–water partition coefficient (Wildman–Crippen LogP) is 1.92. The Bertz CT molecular complexity index is 640. The van der Waals surface area contributed by atoms with Gasteiger partial charge < -0.3 is 5.11 Å². The highest BCUT2D eigenvalue weighted by molar-refractivity contribution is 6.24. The number of carbonyl (C=O) groups excluding carboxylic acids is 2. The highest BCUT2D eigenvalue weighted by Crippen LogP contribution is 2.56. The summed E-state index contributed by atoms with van der Waals surface area (Å²) in [7, 11) is 0. The van der Waals surface area contributed by atoms with Gasteiger partial charge in [-0.15, -0.1) is 0 Å². The SMILES string of the molecule is O=C(O)c1ccccc1N1C(=O)[C@@H]2[C@H]3CC[C@H](C3)[C@@H]2C1=O. The molecule has 0 radical (unpaired) electrons. The molecule has 1 aliphatic heterocycles. The molecule has 0 aromatic heterocycles. The molecule has 21 heavy (non-hydrogen) atoms. The van der Waals surface area contributed by atoms with Crippen molar-refractivity contribution in [1.29, 1.82) is 0 Å². The van der Waals surface area contributed by atoms with E-state index in [0.29, 0.717) is 11.8 Å². The van der Waals surface area contributed by atoms with E-state index >= 15 is 0 Å². The molecule has 1 aromatic carbocycles. The van der Waals surface area contributed by atoms with Crippen molar-refractivity contribution in [2.45, 2.75) is 19.3 Å². The van der Waals surface area contributed by atoms with Crippen molar-refractivity contribution in [3.05, 3.63) is 29.8 Å². The number of carboxylic acids is 1. The molecule has 2 bridgehead atoms. The number of hydrogen-bond donors (Lipinski definition) is 1. The first-order valence-corrected chi connectivity index (χ1v) is 7.29. The van der Waals surface area contributed by atoms with E-state index in [-0.39, 0.29) is 34.9 Å². The standard InChI is InChI=1S/C16H15NO4/c18-14-12-8-5-6-9(7-8)13(12)15(19)17(14)11-4-2-1-3-10(11)16(20)21/h1-4,8-9,12-13H,5-7H2,(H,20,21)/t8-,9+,12+,13-. The summed E-state index contributed by atoms with van der Waals surface area (Å²) in [6.45, 7) is 0. The Labute approximate surface area is 121 Å². The lowest BCUT2D eigenvalue weighted by Crippen LogP contribution is -2.34. The number of fused-ring (bicyclic) bond motifs is 5. The molecule has 3 aliphatic rings. The zero-order valence-corrected chi connectivity index (χ0v) is 11.4. The summed E-state index contributed by atoms with van der Waals surface area (Å²) in [5.74, 6) is -1.36. The number of rotatable bonds is 2. The first-order valence-electron chi connectivity index (χ1n) is 7.29. The van der Waals surface area contributed by atoms with Crippen LogP contribution in [-0.2, 0) is 9.59 Å². The molecule has 5 heteroatoms. The van der Waals surface area contributed by atoms with E-state index in [0.717, 1.165) is 24.2 Å². The molecule has 1 heterocycles. The van der Waals surface area contributed by atoms with E-state index in [1.807, 2.05) is 0 Å². The lowest BCUT2D eigenvalue weighted by Gasteiger charge is -2.19. The van der Waals surface area contributed by atoms with Gasteiger partial charge in [0.15, 0.2) is 0 Å². The van der Waals surface area contributed by atoms with Gasteiger partial charge in [-0.1, -0.05) is 12.1 Å². The predicted molar refractivity (Wildman–Crippen MR) is 73.7 cm³/mol. The fourth-order valence-corrected chi connectivity index (χ4v) is 4.50. The van der Waals surface area contributed by atoms with Gasteiger partial charge in [-0.25, -0.2) is 9.69 Å². The highest BCUT2D eigenvalue weighted by atomic mass is 16.4. The molecular weight excluding hydrogens is 270 g/mol. The van der Waals surface area contributed by atoms with E-state index in [1.165, 1.54) is 6.07 Å². The summed E-state index contributed by atoms with van der Waals surface area (Å²) in [6, 6.07) is 6.23. The second kappa shape index (κ2) is 4.16. The number of hydrogen-bond acceptors (Lipinski definition) is 3. The molecule has 108 valence electrons. The number of amides is 2. The van der Waals surface area contributed by atoms with E-state index in [4.69, 9.17) is 0 Å². The Morgan fingerprint density at radius 2 is 1.62 bits per heavy atom. The van der Waals surface area contributed by atoms with Crippen molar-refractivity contribution in [1.82, 2.24) is 0 Å². The Morgan fingerprint density at radius 3 is 2.19 bits per heavy atom. The molecule has 1 aromatic rings. The van der Waals surface area contributed by atoms with Crippen LogP contribution in [0.1, 0.15) is 29.6 Å². The van der Waals surface area contributed by atoms with Crippen LogP contribution < -0.4 is 4.90 Å². The van der Waals surface area contributed by atoms with Gasteiger partial charge in [0.25, 0.3) is 0 Å². The van der Waals surface area contributed by atoms with Gasteiger partial charge in [0.1, 0.15) is 0 Å². The zero-order chi connectivity index (χ0) is 14.7. The minimum atomic E-state index is -1.12. The largest absolute Gasteiger partial charge is 0.478 e. The second-order valence-electron chi connectivity index (χ2n) is 6.22. The van der Waals surface area contributed by atoms with Crippen molar-refractivity contribution in [3.8, 4) is 0 Å². The number of carbonyl (C=O) groups is 3. The fraction of sp³-hybridized carbons (Fsp3) is 0.438. The molecule has 0 spiro atoms. The number of benzene rings is 1. The third kappa shape index (κ3) is 1.54. The summed E-state index contributed by atoms with van der Waals surface area (Å²) < 4.78 is 0. The molecule has 1 saturated heterocycles. The lowest BCUT2D eigenvalue weighted by atomic mass is 9.81. The molecule has 0 unspecified atom stereocenters. The Balaban J connectivity index is 1.79. The van der Waals surface area contributed by atoms with Gasteiger partial charge in [0, 0.05) is 0 Å². The van der Waals surface area contributed by atoms with Crippen LogP contribution in [0, 0.1) is 23.7 Å². The minimum absolute atomic E-state index is 0.00604. The monoisotopic (exact) mass is 285 g/mol. The van der Waals surface area contributed by atoms with Gasteiger partial charge >= 0.3 is 5.97 Å². The van der Waals surface area contributed by atoms with Crippen LogP contribution in [0.25, 0.3) is 0 Å². The molecule has 2 saturated carbocycles. The third-order valence-corrected chi connectivity index (χ3v) is 5.30. The van der Waals surface area contributed by atoms with Gasteiger partial charge in [0.2, 0.25) is 11.8 Å². The average molecular weight is 285 g/mol. The first kappa shape index (κ1) is 12.6. The first-order chi connectivity index (χ1) is 10.1. The maximum Gasteiger partial charge on any atom is 0.337 e. The fourth-order valence-electron chi connectivity index (χ4n) is 4.50. The zero-order valence-electron chi connectivity index (χ0n) is 11.4. The smallest absolute Gasteiger partial charge is 0.337 e. The maximum absolute atomic E-state index is 12.7. The molecular formula is C16H15NO4. The van der Waals surface area contributed by atoms with Crippen LogP contribution in [-0.4, -0.2) is 22.9 Å². The number of anilines is 1. The van der Waals surface area contributed by atoms with Crippen LogP contribution in [0.2, 0.25) is 0 Å². The normalized spacial score (nSPS) is 33.6. The van der Waals surface area contributed by atoms with E-state index < -0.39 is 5.97 Å². The van der Waals surface area contributed by atoms with Crippen LogP contribution in [0.3, 0.4) is 0 Å². The van der Waals surface area contributed by atoms with Gasteiger partial charge in [0.05, 0.1) is 23.1 Å². The molecule has 4 rings (SSSR count). The van der Waals surface area contributed by atoms with Gasteiger partial charge in [-0.2, -0.15) is 0 Å². The van der Waals surface area contributed by atoms with Crippen molar-refractivity contribution < 1.29 is 19.5 Å².